The topological polar surface area (TPSA) is 52.3 Å². The van der Waals surface area contributed by atoms with Crippen LogP contribution in [0.3, 0.4) is 0 Å². The van der Waals surface area contributed by atoms with Gasteiger partial charge in [-0.05, 0) is 12.5 Å². The summed E-state index contributed by atoms with van der Waals surface area (Å²) in [6.07, 6.45) is 4.23. The number of hydrogen-bond acceptors (Lipinski definition) is 4. The molecule has 2 aromatic heterocycles. The van der Waals surface area contributed by atoms with Crippen molar-refractivity contribution in [1.29, 1.82) is 0 Å². The second kappa shape index (κ2) is 6.73. The molecule has 124 valence electrons. The molecule has 0 aliphatic heterocycles. The Morgan fingerprint density at radius 1 is 0.920 bits per heavy atom. The van der Waals surface area contributed by atoms with Gasteiger partial charge in [-0.3, -0.25) is 4.98 Å². The summed E-state index contributed by atoms with van der Waals surface area (Å²) in [5.74, 6) is 1.40. The minimum absolute atomic E-state index is 0.566. The molecule has 0 bridgehead atoms. The molecule has 0 fully saturated rings. The Morgan fingerprint density at radius 3 is 2.52 bits per heavy atom. The number of nitrogens with zero attached hydrogens (tertiary/aromatic N) is 4. The summed E-state index contributed by atoms with van der Waals surface area (Å²) in [6.45, 7) is 2.63. The molecule has 0 aliphatic carbocycles. The zero-order valence-electron chi connectivity index (χ0n) is 14.0. The first-order valence-electron chi connectivity index (χ1n) is 8.24. The summed E-state index contributed by atoms with van der Waals surface area (Å²) in [5, 5.41) is 8.53. The molecule has 0 aliphatic rings. The molecule has 2 heterocycles. The highest BCUT2D eigenvalue weighted by Crippen LogP contribution is 2.23. The van der Waals surface area contributed by atoms with Crippen LogP contribution in [0.4, 0.5) is 0 Å². The van der Waals surface area contributed by atoms with Crippen molar-refractivity contribution in [2.75, 3.05) is 6.61 Å². The van der Waals surface area contributed by atoms with Crippen LogP contribution in [0.5, 0.6) is 5.88 Å². The first-order chi connectivity index (χ1) is 12.3. The molecule has 0 radical (unpaired) electrons. The predicted molar refractivity (Wildman–Crippen MR) is 96.6 cm³/mol. The van der Waals surface area contributed by atoms with Gasteiger partial charge in [-0.25, -0.2) is 4.40 Å². The fraction of sp³-hybridized carbons (Fsp3) is 0.150. The molecule has 5 heteroatoms. The highest BCUT2D eigenvalue weighted by Gasteiger charge is 2.12. The van der Waals surface area contributed by atoms with Crippen molar-refractivity contribution in [3.8, 4) is 17.3 Å². The van der Waals surface area contributed by atoms with Crippen molar-refractivity contribution in [3.63, 3.8) is 0 Å². The van der Waals surface area contributed by atoms with E-state index in [0.29, 0.717) is 18.1 Å². The van der Waals surface area contributed by atoms with Crippen molar-refractivity contribution in [2.24, 2.45) is 0 Å². The number of aromatic nitrogens is 4. The van der Waals surface area contributed by atoms with Gasteiger partial charge in [-0.15, -0.1) is 10.2 Å². The number of benzene rings is 2. The summed E-state index contributed by atoms with van der Waals surface area (Å²) in [6, 6.07) is 18.5. The molecule has 0 unspecified atom stereocenters. The van der Waals surface area contributed by atoms with Gasteiger partial charge in [0.25, 0.3) is 0 Å². The van der Waals surface area contributed by atoms with Crippen molar-refractivity contribution in [2.45, 2.75) is 13.3 Å². The Morgan fingerprint density at radius 2 is 1.72 bits per heavy atom. The normalized spacial score (nSPS) is 10.9. The largest absolute Gasteiger partial charge is 0.477 e. The average Bonchev–Trinajstić information content (AvgIpc) is 3.08. The lowest BCUT2D eigenvalue weighted by Gasteiger charge is -2.09. The lowest BCUT2D eigenvalue weighted by atomic mass is 10.1. The van der Waals surface area contributed by atoms with Gasteiger partial charge >= 0.3 is 0 Å². The second-order valence-corrected chi connectivity index (χ2v) is 5.91. The van der Waals surface area contributed by atoms with E-state index in [1.807, 2.05) is 34.7 Å². The molecule has 25 heavy (non-hydrogen) atoms. The van der Waals surface area contributed by atoms with Crippen LogP contribution in [0.1, 0.15) is 11.1 Å². The minimum atomic E-state index is 0.566. The van der Waals surface area contributed by atoms with Crippen LogP contribution in [0.15, 0.2) is 67.0 Å². The number of fused-ring (bicyclic) bond motifs is 1. The van der Waals surface area contributed by atoms with E-state index in [-0.39, 0.29) is 0 Å². The fourth-order valence-corrected chi connectivity index (χ4v) is 2.73. The lowest BCUT2D eigenvalue weighted by molar-refractivity contribution is 0.304. The van der Waals surface area contributed by atoms with Crippen molar-refractivity contribution < 1.29 is 4.74 Å². The monoisotopic (exact) mass is 330 g/mol. The predicted octanol–water partition coefficient (Wildman–Crippen LogP) is 3.72. The summed E-state index contributed by atoms with van der Waals surface area (Å²) in [5.41, 5.74) is 4.12. The van der Waals surface area contributed by atoms with Gasteiger partial charge in [0.05, 0.1) is 19.0 Å². The van der Waals surface area contributed by atoms with Crippen LogP contribution < -0.4 is 4.74 Å². The van der Waals surface area contributed by atoms with E-state index >= 15 is 0 Å². The summed E-state index contributed by atoms with van der Waals surface area (Å²) in [4.78, 5) is 4.21. The zero-order valence-corrected chi connectivity index (χ0v) is 14.0. The smallest absolute Gasteiger partial charge is 0.220 e. The highest BCUT2D eigenvalue weighted by molar-refractivity contribution is 5.60. The number of rotatable bonds is 5. The van der Waals surface area contributed by atoms with E-state index in [0.717, 1.165) is 17.8 Å². The number of hydrogen-bond donors (Lipinski definition) is 0. The van der Waals surface area contributed by atoms with E-state index in [4.69, 9.17) is 4.74 Å². The Hall–Kier alpha value is -3.21. The second-order valence-electron chi connectivity index (χ2n) is 5.91. The average molecular weight is 330 g/mol. The maximum atomic E-state index is 5.99. The van der Waals surface area contributed by atoms with Crippen LogP contribution in [0.25, 0.3) is 17.0 Å². The number of ether oxygens (including phenoxy) is 1. The quantitative estimate of drug-likeness (QED) is 0.559. The molecular weight excluding hydrogens is 312 g/mol. The van der Waals surface area contributed by atoms with Gasteiger partial charge in [0.1, 0.15) is 0 Å². The first-order valence-corrected chi connectivity index (χ1v) is 8.24. The SMILES string of the molecule is Cc1ccc(-c2nnc3cncc(OCCc4ccccc4)n23)cc1. The van der Waals surface area contributed by atoms with E-state index in [2.05, 4.69) is 46.4 Å². The molecule has 0 saturated carbocycles. The van der Waals surface area contributed by atoms with Crippen LogP contribution in [0.2, 0.25) is 0 Å². The third-order valence-corrected chi connectivity index (χ3v) is 4.08. The molecule has 0 spiro atoms. The molecule has 4 aromatic rings. The molecule has 2 aromatic carbocycles. The molecule has 0 N–H and O–H groups in total. The third kappa shape index (κ3) is 3.21. The summed E-state index contributed by atoms with van der Waals surface area (Å²) in [7, 11) is 0. The van der Waals surface area contributed by atoms with Crippen molar-refractivity contribution >= 4 is 5.65 Å². The molecule has 4 rings (SSSR count). The van der Waals surface area contributed by atoms with Gasteiger partial charge < -0.3 is 4.74 Å². The molecule has 5 nitrogen and oxygen atoms in total. The van der Waals surface area contributed by atoms with E-state index in [1.165, 1.54) is 11.1 Å². The van der Waals surface area contributed by atoms with Crippen LogP contribution in [0, 0.1) is 6.92 Å². The molecule has 0 amide bonds. The van der Waals surface area contributed by atoms with Crippen LogP contribution in [-0.2, 0) is 6.42 Å². The maximum Gasteiger partial charge on any atom is 0.220 e. The van der Waals surface area contributed by atoms with Crippen LogP contribution in [-0.4, -0.2) is 26.2 Å². The minimum Gasteiger partial charge on any atom is -0.477 e. The zero-order chi connectivity index (χ0) is 17.1. The maximum absolute atomic E-state index is 5.99. The Balaban J connectivity index is 1.62. The molecular formula is C20H18N4O. The van der Waals surface area contributed by atoms with Gasteiger partial charge in [-0.2, -0.15) is 0 Å². The van der Waals surface area contributed by atoms with E-state index in [1.54, 1.807) is 12.4 Å². The summed E-state index contributed by atoms with van der Waals surface area (Å²) >= 11 is 0. The van der Waals surface area contributed by atoms with E-state index in [9.17, 15) is 0 Å². The van der Waals surface area contributed by atoms with E-state index < -0.39 is 0 Å². The van der Waals surface area contributed by atoms with Crippen molar-refractivity contribution in [1.82, 2.24) is 19.6 Å². The third-order valence-electron chi connectivity index (χ3n) is 4.08. The molecule has 0 saturated heterocycles. The van der Waals surface area contributed by atoms with Gasteiger partial charge in [-0.1, -0.05) is 60.2 Å². The highest BCUT2D eigenvalue weighted by atomic mass is 16.5. The van der Waals surface area contributed by atoms with Gasteiger partial charge in [0.2, 0.25) is 5.88 Å². The van der Waals surface area contributed by atoms with Gasteiger partial charge in [0.15, 0.2) is 11.5 Å². The summed E-state index contributed by atoms with van der Waals surface area (Å²) < 4.78 is 7.89. The van der Waals surface area contributed by atoms with Crippen LogP contribution >= 0.6 is 0 Å². The fourth-order valence-electron chi connectivity index (χ4n) is 2.73. The van der Waals surface area contributed by atoms with Crippen molar-refractivity contribution in [3.05, 3.63) is 78.1 Å². The molecule has 0 atom stereocenters. The Bertz CT molecular complexity index is 978. The first kappa shape index (κ1) is 15.3. The lowest BCUT2D eigenvalue weighted by Crippen LogP contribution is -2.06. The van der Waals surface area contributed by atoms with Gasteiger partial charge in [0, 0.05) is 12.0 Å². The number of aryl methyl sites for hydroxylation is 1. The Kier molecular flexibility index (Phi) is 4.12. The Labute approximate surface area is 145 Å². The standard InChI is InChI=1S/C20H18N4O/c1-15-7-9-17(10-8-15)20-23-22-18-13-21-14-19(24(18)20)25-12-11-16-5-3-2-4-6-16/h2-10,13-14H,11-12H2,1H3.